The molecule has 6 nitrogen and oxygen atoms in total. The van der Waals surface area contributed by atoms with Crippen LogP contribution in [0.15, 0.2) is 12.1 Å². The highest BCUT2D eigenvalue weighted by Gasteiger charge is 2.12. The molecule has 0 saturated carbocycles. The molecule has 0 unspecified atom stereocenters. The maximum atomic E-state index is 11.3. The Hall–Kier alpha value is -1.05. The van der Waals surface area contributed by atoms with Crippen molar-refractivity contribution in [3.05, 3.63) is 23.5 Å². The SMILES string of the molecule is Cc1ccc(CNS(=O)(=O)N(C)C)nn1. The van der Waals surface area contributed by atoms with Gasteiger partial charge in [-0.05, 0) is 19.1 Å². The van der Waals surface area contributed by atoms with Crippen molar-refractivity contribution < 1.29 is 8.42 Å². The smallest absolute Gasteiger partial charge is 0.196 e. The molecule has 84 valence electrons. The summed E-state index contributed by atoms with van der Waals surface area (Å²) in [6.45, 7) is 1.97. The molecule has 0 fully saturated rings. The van der Waals surface area contributed by atoms with Crippen LogP contribution in [-0.2, 0) is 16.8 Å². The molecule has 1 heterocycles. The summed E-state index contributed by atoms with van der Waals surface area (Å²) in [4.78, 5) is 0. The molecule has 0 saturated heterocycles. The Morgan fingerprint density at radius 3 is 2.47 bits per heavy atom. The van der Waals surface area contributed by atoms with Crippen LogP contribution in [-0.4, -0.2) is 37.0 Å². The Kier molecular flexibility index (Phi) is 3.72. The fourth-order valence-electron chi connectivity index (χ4n) is 0.815. The van der Waals surface area contributed by atoms with E-state index in [-0.39, 0.29) is 6.54 Å². The highest BCUT2D eigenvalue weighted by atomic mass is 32.2. The first-order chi connectivity index (χ1) is 6.92. The summed E-state index contributed by atoms with van der Waals surface area (Å²) in [6.07, 6.45) is 0. The van der Waals surface area contributed by atoms with Crippen LogP contribution in [0.2, 0.25) is 0 Å². The van der Waals surface area contributed by atoms with Gasteiger partial charge in [0, 0.05) is 14.1 Å². The summed E-state index contributed by atoms with van der Waals surface area (Å²) < 4.78 is 26.2. The van der Waals surface area contributed by atoms with Gasteiger partial charge in [-0.3, -0.25) is 0 Å². The van der Waals surface area contributed by atoms with Gasteiger partial charge in [0.1, 0.15) is 0 Å². The van der Waals surface area contributed by atoms with Gasteiger partial charge in [0.25, 0.3) is 10.2 Å². The Morgan fingerprint density at radius 1 is 1.33 bits per heavy atom. The zero-order valence-corrected chi connectivity index (χ0v) is 9.74. The van der Waals surface area contributed by atoms with E-state index < -0.39 is 10.2 Å². The molecule has 1 aromatic heterocycles. The Bertz CT molecular complexity index is 413. The van der Waals surface area contributed by atoms with Crippen molar-refractivity contribution in [2.24, 2.45) is 0 Å². The number of nitrogens with one attached hydrogen (secondary N) is 1. The fraction of sp³-hybridized carbons (Fsp3) is 0.500. The van der Waals surface area contributed by atoms with E-state index in [1.54, 1.807) is 12.1 Å². The molecule has 15 heavy (non-hydrogen) atoms. The lowest BCUT2D eigenvalue weighted by Crippen LogP contribution is -2.35. The molecule has 0 atom stereocenters. The molecule has 0 amide bonds. The average Bonchev–Trinajstić information content (AvgIpc) is 2.17. The average molecular weight is 230 g/mol. The van der Waals surface area contributed by atoms with Crippen LogP contribution in [0.25, 0.3) is 0 Å². The number of aryl methyl sites for hydroxylation is 1. The van der Waals surface area contributed by atoms with Crippen LogP contribution in [0.1, 0.15) is 11.4 Å². The molecular formula is C8H14N4O2S. The zero-order chi connectivity index (χ0) is 11.5. The van der Waals surface area contributed by atoms with E-state index in [1.165, 1.54) is 14.1 Å². The van der Waals surface area contributed by atoms with Crippen molar-refractivity contribution in [3.63, 3.8) is 0 Å². The van der Waals surface area contributed by atoms with Gasteiger partial charge in [0.2, 0.25) is 0 Å². The van der Waals surface area contributed by atoms with Crippen molar-refractivity contribution in [1.82, 2.24) is 19.2 Å². The fourth-order valence-corrected chi connectivity index (χ4v) is 1.40. The van der Waals surface area contributed by atoms with E-state index in [9.17, 15) is 8.42 Å². The van der Waals surface area contributed by atoms with Gasteiger partial charge in [-0.15, -0.1) is 0 Å². The third-order valence-corrected chi connectivity index (χ3v) is 3.24. The van der Waals surface area contributed by atoms with Gasteiger partial charge in [0.05, 0.1) is 17.9 Å². The van der Waals surface area contributed by atoms with Crippen LogP contribution < -0.4 is 4.72 Å². The minimum atomic E-state index is -3.39. The quantitative estimate of drug-likeness (QED) is 0.769. The lowest BCUT2D eigenvalue weighted by molar-refractivity contribution is 0.504. The predicted octanol–water partition coefficient (Wildman–Crippen LogP) is -0.319. The minimum Gasteiger partial charge on any atom is -0.196 e. The van der Waals surface area contributed by atoms with E-state index in [2.05, 4.69) is 14.9 Å². The second-order valence-corrected chi connectivity index (χ2v) is 5.24. The summed E-state index contributed by atoms with van der Waals surface area (Å²) in [7, 11) is -0.468. The largest absolute Gasteiger partial charge is 0.279 e. The zero-order valence-electron chi connectivity index (χ0n) is 8.93. The summed E-state index contributed by atoms with van der Waals surface area (Å²) >= 11 is 0. The molecule has 7 heteroatoms. The van der Waals surface area contributed by atoms with Crippen LogP contribution in [0.5, 0.6) is 0 Å². The van der Waals surface area contributed by atoms with Gasteiger partial charge < -0.3 is 0 Å². The monoisotopic (exact) mass is 230 g/mol. The molecule has 0 spiro atoms. The maximum absolute atomic E-state index is 11.3. The third kappa shape index (κ3) is 3.54. The van der Waals surface area contributed by atoms with Gasteiger partial charge in [-0.1, -0.05) is 0 Å². The maximum Gasteiger partial charge on any atom is 0.279 e. The molecule has 0 aliphatic rings. The number of aromatic nitrogens is 2. The van der Waals surface area contributed by atoms with Crippen LogP contribution in [0.4, 0.5) is 0 Å². The number of rotatable bonds is 4. The van der Waals surface area contributed by atoms with E-state index in [0.29, 0.717) is 5.69 Å². The van der Waals surface area contributed by atoms with E-state index >= 15 is 0 Å². The summed E-state index contributed by atoms with van der Waals surface area (Å²) in [5.74, 6) is 0. The van der Waals surface area contributed by atoms with Crippen molar-refractivity contribution >= 4 is 10.2 Å². The first-order valence-corrected chi connectivity index (χ1v) is 5.82. The van der Waals surface area contributed by atoms with Crippen LogP contribution >= 0.6 is 0 Å². The van der Waals surface area contributed by atoms with E-state index in [1.807, 2.05) is 6.92 Å². The standard InChI is InChI=1S/C8H14N4O2S/c1-7-4-5-8(11-10-7)6-9-15(13,14)12(2)3/h4-5,9H,6H2,1-3H3. The van der Waals surface area contributed by atoms with E-state index in [0.717, 1.165) is 10.00 Å². The van der Waals surface area contributed by atoms with Crippen LogP contribution in [0, 0.1) is 6.92 Å². The normalized spacial score (nSPS) is 12.0. The number of nitrogens with zero attached hydrogens (tertiary/aromatic N) is 3. The molecule has 1 N–H and O–H groups in total. The van der Waals surface area contributed by atoms with Crippen molar-refractivity contribution in [1.29, 1.82) is 0 Å². The second kappa shape index (κ2) is 4.65. The Morgan fingerprint density at radius 2 is 2.00 bits per heavy atom. The number of hydrogen-bond donors (Lipinski definition) is 1. The second-order valence-electron chi connectivity index (χ2n) is 3.27. The molecule has 0 aromatic carbocycles. The summed E-state index contributed by atoms with van der Waals surface area (Å²) in [5, 5.41) is 7.67. The summed E-state index contributed by atoms with van der Waals surface area (Å²) in [5.41, 5.74) is 1.39. The minimum absolute atomic E-state index is 0.147. The molecule has 0 bridgehead atoms. The topological polar surface area (TPSA) is 75.2 Å². The van der Waals surface area contributed by atoms with Crippen molar-refractivity contribution in [2.45, 2.75) is 13.5 Å². The molecule has 0 aliphatic carbocycles. The summed E-state index contributed by atoms with van der Waals surface area (Å²) in [6, 6.07) is 3.52. The van der Waals surface area contributed by atoms with Crippen molar-refractivity contribution in [3.8, 4) is 0 Å². The van der Waals surface area contributed by atoms with Gasteiger partial charge in [0.15, 0.2) is 0 Å². The van der Waals surface area contributed by atoms with Gasteiger partial charge in [-0.2, -0.15) is 27.6 Å². The highest BCUT2D eigenvalue weighted by Crippen LogP contribution is 1.96. The first kappa shape index (κ1) is 12.0. The van der Waals surface area contributed by atoms with Crippen molar-refractivity contribution in [2.75, 3.05) is 14.1 Å². The Labute approximate surface area is 89.5 Å². The lowest BCUT2D eigenvalue weighted by Gasteiger charge is -2.11. The lowest BCUT2D eigenvalue weighted by atomic mass is 10.3. The third-order valence-electron chi connectivity index (χ3n) is 1.77. The van der Waals surface area contributed by atoms with Crippen LogP contribution in [0.3, 0.4) is 0 Å². The molecule has 0 aliphatic heterocycles. The number of hydrogen-bond acceptors (Lipinski definition) is 4. The van der Waals surface area contributed by atoms with Gasteiger partial charge in [-0.25, -0.2) is 0 Å². The highest BCUT2D eigenvalue weighted by molar-refractivity contribution is 7.87. The first-order valence-electron chi connectivity index (χ1n) is 4.38. The molecule has 1 aromatic rings. The Balaban J connectivity index is 2.62. The molecular weight excluding hydrogens is 216 g/mol. The van der Waals surface area contributed by atoms with E-state index in [4.69, 9.17) is 0 Å². The molecule has 1 rings (SSSR count). The van der Waals surface area contributed by atoms with Gasteiger partial charge >= 0.3 is 0 Å². The predicted molar refractivity (Wildman–Crippen MR) is 56.2 cm³/mol. The molecule has 0 radical (unpaired) electrons.